The number of ether oxygens (including phenoxy) is 2. The van der Waals surface area contributed by atoms with Crippen molar-refractivity contribution in [2.75, 3.05) is 12.0 Å². The van der Waals surface area contributed by atoms with Gasteiger partial charge in [-0.25, -0.2) is 4.79 Å². The van der Waals surface area contributed by atoms with Crippen molar-refractivity contribution in [1.29, 1.82) is 0 Å². The molecular formula is C24H22N2O4. The molecule has 2 amide bonds. The fourth-order valence-electron chi connectivity index (χ4n) is 3.76. The number of rotatable bonds is 4. The van der Waals surface area contributed by atoms with Crippen molar-refractivity contribution in [3.8, 4) is 5.75 Å². The monoisotopic (exact) mass is 402 g/mol. The van der Waals surface area contributed by atoms with Gasteiger partial charge in [0.1, 0.15) is 11.9 Å². The number of fused-ring (bicyclic) bond motifs is 2. The van der Waals surface area contributed by atoms with E-state index in [9.17, 15) is 9.59 Å². The van der Waals surface area contributed by atoms with Gasteiger partial charge in [0.25, 0.3) is 0 Å². The van der Waals surface area contributed by atoms with E-state index in [1.165, 1.54) is 4.90 Å². The Kier molecular flexibility index (Phi) is 5.39. The summed E-state index contributed by atoms with van der Waals surface area (Å²) in [6, 6.07) is 21.6. The van der Waals surface area contributed by atoms with E-state index in [0.717, 1.165) is 22.4 Å². The number of anilines is 2. The van der Waals surface area contributed by atoms with Crippen LogP contribution in [-0.4, -0.2) is 19.1 Å². The van der Waals surface area contributed by atoms with Crippen LogP contribution in [0.1, 0.15) is 22.8 Å². The number of methoxy groups -OCH3 is 1. The number of carbonyl (C=O) groups excluding carboxylic acids is 2. The summed E-state index contributed by atoms with van der Waals surface area (Å²) in [5, 5.41) is 0. The minimum absolute atomic E-state index is 0.143. The first-order valence-electron chi connectivity index (χ1n) is 9.65. The van der Waals surface area contributed by atoms with Gasteiger partial charge in [0.2, 0.25) is 0 Å². The highest BCUT2D eigenvalue weighted by molar-refractivity contribution is 6.00. The Balaban J connectivity index is 1.64. The number of hydrogen-bond acceptors (Lipinski definition) is 4. The summed E-state index contributed by atoms with van der Waals surface area (Å²) in [6.07, 6.45) is 0.0623. The van der Waals surface area contributed by atoms with Gasteiger partial charge in [-0.2, -0.15) is 0 Å². The van der Waals surface area contributed by atoms with Gasteiger partial charge in [0.05, 0.1) is 24.9 Å². The molecule has 4 rings (SSSR count). The molecule has 3 aromatic carbocycles. The molecule has 0 radical (unpaired) electrons. The quantitative estimate of drug-likeness (QED) is 0.660. The Labute approximate surface area is 174 Å². The number of nitrogens with two attached hydrogens (primary N) is 1. The zero-order valence-corrected chi connectivity index (χ0v) is 16.6. The Morgan fingerprint density at radius 1 is 0.967 bits per heavy atom. The summed E-state index contributed by atoms with van der Waals surface area (Å²) in [5.41, 5.74) is 9.50. The second-order valence-electron chi connectivity index (χ2n) is 7.07. The van der Waals surface area contributed by atoms with Gasteiger partial charge in [-0.1, -0.05) is 48.5 Å². The maximum absolute atomic E-state index is 12.7. The van der Waals surface area contributed by atoms with Crippen LogP contribution in [0.4, 0.5) is 16.2 Å². The van der Waals surface area contributed by atoms with E-state index in [-0.39, 0.29) is 12.4 Å². The lowest BCUT2D eigenvalue weighted by Crippen LogP contribution is -2.32. The Morgan fingerprint density at radius 2 is 1.63 bits per heavy atom. The lowest BCUT2D eigenvalue weighted by molar-refractivity contribution is -0.148. The number of amides is 2. The molecule has 0 spiro atoms. The van der Waals surface area contributed by atoms with E-state index in [1.807, 2.05) is 72.8 Å². The van der Waals surface area contributed by atoms with Gasteiger partial charge < -0.3 is 15.2 Å². The molecule has 0 saturated heterocycles. The van der Waals surface area contributed by atoms with Crippen molar-refractivity contribution in [3.05, 3.63) is 89.5 Å². The summed E-state index contributed by atoms with van der Waals surface area (Å²) in [5.74, 6) is 0.387. The molecule has 1 atom stereocenters. The molecule has 0 aliphatic carbocycles. The molecule has 3 aromatic rings. The van der Waals surface area contributed by atoms with E-state index in [2.05, 4.69) is 0 Å². The van der Waals surface area contributed by atoms with E-state index in [4.69, 9.17) is 15.2 Å². The fourth-order valence-corrected chi connectivity index (χ4v) is 3.76. The fraction of sp³-hybridized carbons (Fsp3) is 0.167. The number of carbonyl (C=O) groups is 2. The van der Waals surface area contributed by atoms with E-state index >= 15 is 0 Å². The molecule has 152 valence electrons. The second-order valence-corrected chi connectivity index (χ2v) is 7.07. The number of esters is 1. The zero-order chi connectivity index (χ0) is 21.1. The molecule has 1 heterocycles. The zero-order valence-electron chi connectivity index (χ0n) is 16.6. The molecule has 0 aromatic heterocycles. The van der Waals surface area contributed by atoms with Crippen molar-refractivity contribution in [1.82, 2.24) is 0 Å². The molecule has 30 heavy (non-hydrogen) atoms. The van der Waals surface area contributed by atoms with Crippen LogP contribution in [0.3, 0.4) is 0 Å². The van der Waals surface area contributed by atoms with Gasteiger partial charge in [0, 0.05) is 12.0 Å². The van der Waals surface area contributed by atoms with Crippen LogP contribution in [0, 0.1) is 0 Å². The first-order valence-corrected chi connectivity index (χ1v) is 9.65. The lowest BCUT2D eigenvalue weighted by atomic mass is 10.0. The van der Waals surface area contributed by atoms with Gasteiger partial charge in [-0.05, 0) is 35.4 Å². The molecular weight excluding hydrogens is 380 g/mol. The Morgan fingerprint density at radius 3 is 2.33 bits per heavy atom. The maximum atomic E-state index is 12.7. The summed E-state index contributed by atoms with van der Waals surface area (Å²) in [6.45, 7) is 0. The normalized spacial score (nSPS) is 14.8. The van der Waals surface area contributed by atoms with E-state index in [0.29, 0.717) is 17.8 Å². The minimum atomic E-state index is -0.583. The SMILES string of the molecule is COc1ccc(CC(=O)O[C@@H]2Cc3ccccc3N(C(N)=O)c3ccccc32)cc1. The molecule has 0 saturated carbocycles. The van der Waals surface area contributed by atoms with Gasteiger partial charge in [-0.15, -0.1) is 0 Å². The largest absolute Gasteiger partial charge is 0.497 e. The third kappa shape index (κ3) is 3.85. The molecule has 1 aliphatic rings. The molecule has 1 aliphatic heterocycles. The third-order valence-electron chi connectivity index (χ3n) is 5.16. The summed E-state index contributed by atoms with van der Waals surface area (Å²) in [7, 11) is 1.60. The van der Waals surface area contributed by atoms with Crippen LogP contribution in [0.25, 0.3) is 0 Å². The summed E-state index contributed by atoms with van der Waals surface area (Å²) in [4.78, 5) is 26.5. The van der Waals surface area contributed by atoms with Crippen LogP contribution in [0.15, 0.2) is 72.8 Å². The molecule has 6 nitrogen and oxygen atoms in total. The number of hydrogen-bond donors (Lipinski definition) is 1. The minimum Gasteiger partial charge on any atom is -0.497 e. The number of nitrogens with zero attached hydrogens (tertiary/aromatic N) is 1. The van der Waals surface area contributed by atoms with Crippen LogP contribution >= 0.6 is 0 Å². The molecule has 2 N–H and O–H groups in total. The Bertz CT molecular complexity index is 1080. The van der Waals surface area contributed by atoms with Crippen LogP contribution in [-0.2, 0) is 22.4 Å². The van der Waals surface area contributed by atoms with Crippen LogP contribution in [0.2, 0.25) is 0 Å². The molecule has 0 bridgehead atoms. The summed E-state index contributed by atoms with van der Waals surface area (Å²) < 4.78 is 11.0. The lowest BCUT2D eigenvalue weighted by Gasteiger charge is -2.23. The van der Waals surface area contributed by atoms with Crippen molar-refractivity contribution in [2.24, 2.45) is 5.73 Å². The van der Waals surface area contributed by atoms with Crippen LogP contribution in [0.5, 0.6) is 5.75 Å². The smallest absolute Gasteiger partial charge is 0.323 e. The highest BCUT2D eigenvalue weighted by atomic mass is 16.5. The number of benzene rings is 3. The van der Waals surface area contributed by atoms with Gasteiger partial charge >= 0.3 is 12.0 Å². The second kappa shape index (κ2) is 8.29. The van der Waals surface area contributed by atoms with Gasteiger partial charge in [0.15, 0.2) is 0 Å². The molecule has 0 fully saturated rings. The third-order valence-corrected chi connectivity index (χ3v) is 5.16. The molecule has 6 heteroatoms. The van der Waals surface area contributed by atoms with Gasteiger partial charge in [-0.3, -0.25) is 9.69 Å². The van der Waals surface area contributed by atoms with Crippen molar-refractivity contribution in [2.45, 2.75) is 18.9 Å². The number of urea groups is 1. The average Bonchev–Trinajstić information content (AvgIpc) is 2.88. The summed E-state index contributed by atoms with van der Waals surface area (Å²) >= 11 is 0. The number of primary amides is 1. The molecule has 0 unspecified atom stereocenters. The maximum Gasteiger partial charge on any atom is 0.323 e. The highest BCUT2D eigenvalue weighted by Gasteiger charge is 2.31. The standard InChI is InChI=1S/C24H22N2O4/c1-29-18-12-10-16(11-13-18)14-23(27)30-22-15-17-6-2-4-8-20(17)26(24(25)28)21-9-5-3-7-19(21)22/h2-13,22H,14-15H2,1H3,(H2,25,28)/t22-/m1/s1. The highest BCUT2D eigenvalue weighted by Crippen LogP contribution is 2.41. The van der Waals surface area contributed by atoms with Crippen molar-refractivity contribution < 1.29 is 19.1 Å². The number of para-hydroxylation sites is 2. The van der Waals surface area contributed by atoms with E-state index < -0.39 is 12.1 Å². The predicted molar refractivity (Wildman–Crippen MR) is 114 cm³/mol. The average molecular weight is 402 g/mol. The first-order chi connectivity index (χ1) is 14.6. The predicted octanol–water partition coefficient (Wildman–Crippen LogP) is 4.30. The topological polar surface area (TPSA) is 81.9 Å². The Hall–Kier alpha value is -3.80. The van der Waals surface area contributed by atoms with Crippen molar-refractivity contribution in [3.63, 3.8) is 0 Å². The first kappa shape index (κ1) is 19.5. The van der Waals surface area contributed by atoms with Crippen LogP contribution < -0.4 is 15.4 Å². The van der Waals surface area contributed by atoms with E-state index in [1.54, 1.807) is 7.11 Å². The van der Waals surface area contributed by atoms with Crippen molar-refractivity contribution >= 4 is 23.4 Å².